The first-order chi connectivity index (χ1) is 9.46. The Labute approximate surface area is 122 Å². The molecule has 0 saturated carbocycles. The highest BCUT2D eigenvalue weighted by atomic mass is 16.5. The van der Waals surface area contributed by atoms with E-state index in [1.54, 1.807) is 0 Å². The first kappa shape index (κ1) is 16.5. The van der Waals surface area contributed by atoms with E-state index < -0.39 is 0 Å². The van der Waals surface area contributed by atoms with Gasteiger partial charge in [-0.1, -0.05) is 26.8 Å². The number of ether oxygens (including phenoxy) is 1. The van der Waals surface area contributed by atoms with Gasteiger partial charge < -0.3 is 4.74 Å². The van der Waals surface area contributed by atoms with Crippen LogP contribution in [0.2, 0.25) is 0 Å². The Morgan fingerprint density at radius 1 is 1.10 bits per heavy atom. The van der Waals surface area contributed by atoms with Crippen LogP contribution in [0.3, 0.4) is 0 Å². The molecule has 3 nitrogen and oxygen atoms in total. The van der Waals surface area contributed by atoms with Crippen LogP contribution in [-0.4, -0.2) is 12.7 Å². The maximum atomic E-state index is 11.9. The van der Waals surface area contributed by atoms with E-state index in [1.165, 1.54) is 5.56 Å². The molecule has 0 aromatic heterocycles. The summed E-state index contributed by atoms with van der Waals surface area (Å²) in [7, 11) is 0. The van der Waals surface area contributed by atoms with Crippen molar-refractivity contribution in [3.05, 3.63) is 29.3 Å². The van der Waals surface area contributed by atoms with Crippen molar-refractivity contribution in [3.8, 4) is 0 Å². The van der Waals surface area contributed by atoms with Gasteiger partial charge in [-0.25, -0.2) is 4.79 Å². The van der Waals surface area contributed by atoms with E-state index >= 15 is 0 Å². The number of carbonyl (C=O) groups excluding carboxylic acids is 1. The van der Waals surface area contributed by atoms with Crippen LogP contribution in [0.5, 0.6) is 0 Å². The zero-order valence-electron chi connectivity index (χ0n) is 13.4. The number of nitrogens with one attached hydrogen (secondary N) is 1. The zero-order chi connectivity index (χ0) is 15.2. The van der Waals surface area contributed by atoms with Gasteiger partial charge in [-0.2, -0.15) is 0 Å². The van der Waals surface area contributed by atoms with Crippen molar-refractivity contribution < 1.29 is 9.53 Å². The Bertz CT molecular complexity index is 442. The summed E-state index contributed by atoms with van der Waals surface area (Å²) >= 11 is 0. The predicted octanol–water partition coefficient (Wildman–Crippen LogP) is 5.07. The summed E-state index contributed by atoms with van der Waals surface area (Å²) in [6.07, 6.45) is 2.71. The molecule has 3 heteroatoms. The van der Waals surface area contributed by atoms with Gasteiger partial charge in [0.25, 0.3) is 0 Å². The number of anilines is 1. The van der Waals surface area contributed by atoms with Crippen molar-refractivity contribution in [1.29, 1.82) is 0 Å². The van der Waals surface area contributed by atoms with Crippen molar-refractivity contribution in [3.63, 3.8) is 0 Å². The first-order valence-corrected chi connectivity index (χ1v) is 7.47. The topological polar surface area (TPSA) is 38.3 Å². The number of rotatable bonds is 6. The smallest absolute Gasteiger partial charge is 0.411 e. The minimum Gasteiger partial charge on any atom is -0.449 e. The van der Waals surface area contributed by atoms with E-state index in [0.29, 0.717) is 6.61 Å². The summed E-state index contributed by atoms with van der Waals surface area (Å²) in [6, 6.07) is 5.86. The van der Waals surface area contributed by atoms with Crippen molar-refractivity contribution in [1.82, 2.24) is 0 Å². The van der Waals surface area contributed by atoms with Gasteiger partial charge in [-0.3, -0.25) is 5.32 Å². The number of aryl methyl sites for hydroxylation is 2. The highest BCUT2D eigenvalue weighted by molar-refractivity contribution is 5.84. The molecule has 0 unspecified atom stereocenters. The molecule has 0 aliphatic carbocycles. The molecule has 1 aromatic carbocycles. The highest BCUT2D eigenvalue weighted by Crippen LogP contribution is 2.30. The Morgan fingerprint density at radius 2 is 1.70 bits per heavy atom. The maximum absolute atomic E-state index is 11.9. The summed E-state index contributed by atoms with van der Waals surface area (Å²) in [5.74, 6) is 0. The van der Waals surface area contributed by atoms with Crippen LogP contribution < -0.4 is 5.32 Å². The van der Waals surface area contributed by atoms with Crippen LogP contribution in [0.25, 0.3) is 0 Å². The van der Waals surface area contributed by atoms with Crippen LogP contribution in [-0.2, 0) is 4.74 Å². The van der Waals surface area contributed by atoms with Gasteiger partial charge in [0.15, 0.2) is 0 Å². The SMILES string of the molecule is CCC(CC)(CC)COC(=O)Nc1ccc(C)c(C)c1. The minimum atomic E-state index is -0.368. The van der Waals surface area contributed by atoms with Gasteiger partial charge in [-0.15, -0.1) is 0 Å². The van der Waals surface area contributed by atoms with Crippen molar-refractivity contribution in [2.75, 3.05) is 11.9 Å². The number of amides is 1. The fraction of sp³-hybridized carbons (Fsp3) is 0.588. The van der Waals surface area contributed by atoms with Crippen molar-refractivity contribution in [2.45, 2.75) is 53.9 Å². The average molecular weight is 277 g/mol. The number of carbonyl (C=O) groups is 1. The van der Waals surface area contributed by atoms with Gasteiger partial charge in [0.1, 0.15) is 0 Å². The predicted molar refractivity (Wildman–Crippen MR) is 84.2 cm³/mol. The fourth-order valence-corrected chi connectivity index (χ4v) is 2.25. The standard InChI is InChI=1S/C17H27NO2/c1-6-17(7-2,8-3)12-20-16(19)18-15-10-9-13(4)14(5)11-15/h9-11H,6-8,12H2,1-5H3,(H,18,19). The lowest BCUT2D eigenvalue weighted by Gasteiger charge is -2.29. The third-order valence-corrected chi connectivity index (χ3v) is 4.51. The molecule has 1 amide bonds. The highest BCUT2D eigenvalue weighted by Gasteiger charge is 2.25. The molecule has 0 heterocycles. The van der Waals surface area contributed by atoms with Gasteiger partial charge in [0.2, 0.25) is 0 Å². The molecule has 20 heavy (non-hydrogen) atoms. The van der Waals surface area contributed by atoms with Gasteiger partial charge >= 0.3 is 6.09 Å². The quantitative estimate of drug-likeness (QED) is 0.788. The molecular formula is C17H27NO2. The molecule has 0 aliphatic heterocycles. The van der Waals surface area contributed by atoms with Crippen LogP contribution >= 0.6 is 0 Å². The molecule has 0 spiro atoms. The van der Waals surface area contributed by atoms with Crippen LogP contribution in [0.1, 0.15) is 51.2 Å². The molecule has 0 radical (unpaired) electrons. The summed E-state index contributed by atoms with van der Waals surface area (Å²) in [6.45, 7) is 11.0. The lowest BCUT2D eigenvalue weighted by molar-refractivity contribution is 0.0816. The molecule has 0 saturated heterocycles. The van der Waals surface area contributed by atoms with E-state index in [4.69, 9.17) is 4.74 Å². The molecule has 1 N–H and O–H groups in total. The second-order valence-corrected chi connectivity index (χ2v) is 5.56. The second-order valence-electron chi connectivity index (χ2n) is 5.56. The summed E-state index contributed by atoms with van der Waals surface area (Å²) < 4.78 is 5.40. The van der Waals surface area contributed by atoms with Crippen molar-refractivity contribution in [2.24, 2.45) is 5.41 Å². The lowest BCUT2D eigenvalue weighted by atomic mass is 9.81. The molecular weight excluding hydrogens is 250 g/mol. The van der Waals surface area contributed by atoms with Gasteiger partial charge in [-0.05, 0) is 56.4 Å². The third kappa shape index (κ3) is 4.26. The van der Waals surface area contributed by atoms with Crippen molar-refractivity contribution >= 4 is 11.8 Å². The Kier molecular flexibility index (Phi) is 6.05. The summed E-state index contributed by atoms with van der Waals surface area (Å²) in [5, 5.41) is 2.79. The molecule has 0 aliphatic rings. The van der Waals surface area contributed by atoms with E-state index in [9.17, 15) is 4.79 Å². The number of hydrogen-bond donors (Lipinski definition) is 1. The summed E-state index contributed by atoms with van der Waals surface area (Å²) in [4.78, 5) is 11.9. The van der Waals surface area contributed by atoms with Crippen LogP contribution in [0.4, 0.5) is 10.5 Å². The molecule has 0 bridgehead atoms. The number of benzene rings is 1. The molecule has 112 valence electrons. The third-order valence-electron chi connectivity index (χ3n) is 4.51. The molecule has 1 rings (SSSR count). The monoisotopic (exact) mass is 277 g/mol. The molecule has 0 fully saturated rings. The maximum Gasteiger partial charge on any atom is 0.411 e. The van der Waals surface area contributed by atoms with E-state index in [1.807, 2.05) is 25.1 Å². The molecule has 0 atom stereocenters. The minimum absolute atomic E-state index is 0.112. The Hall–Kier alpha value is -1.51. The fourth-order valence-electron chi connectivity index (χ4n) is 2.25. The first-order valence-electron chi connectivity index (χ1n) is 7.47. The zero-order valence-corrected chi connectivity index (χ0v) is 13.4. The Morgan fingerprint density at radius 3 is 2.20 bits per heavy atom. The largest absolute Gasteiger partial charge is 0.449 e. The van der Waals surface area contributed by atoms with Gasteiger partial charge in [0, 0.05) is 11.1 Å². The number of hydrogen-bond acceptors (Lipinski definition) is 2. The molecule has 1 aromatic rings. The van der Waals surface area contributed by atoms with Gasteiger partial charge in [0.05, 0.1) is 6.61 Å². The second kappa shape index (κ2) is 7.32. The van der Waals surface area contributed by atoms with E-state index in [2.05, 4.69) is 33.0 Å². The van der Waals surface area contributed by atoms with Crippen LogP contribution in [0, 0.1) is 19.3 Å². The van der Waals surface area contributed by atoms with Crippen LogP contribution in [0.15, 0.2) is 18.2 Å². The lowest BCUT2D eigenvalue weighted by Crippen LogP contribution is -2.28. The Balaban J connectivity index is 2.57. The van der Waals surface area contributed by atoms with E-state index in [-0.39, 0.29) is 11.5 Å². The average Bonchev–Trinajstić information content (AvgIpc) is 2.45. The summed E-state index contributed by atoms with van der Waals surface area (Å²) in [5.41, 5.74) is 3.27. The van der Waals surface area contributed by atoms with E-state index in [0.717, 1.165) is 30.5 Å². The normalized spacial score (nSPS) is 11.2.